The number of fused-ring (bicyclic) bond motifs is 2. The predicted molar refractivity (Wildman–Crippen MR) is 82.0 cm³/mol. The highest BCUT2D eigenvalue weighted by Crippen LogP contribution is 2.39. The molecule has 1 aliphatic heterocycles. The molecule has 5 nitrogen and oxygen atoms in total. The van der Waals surface area contributed by atoms with Gasteiger partial charge in [-0.25, -0.2) is 0 Å². The monoisotopic (exact) mass is 297 g/mol. The molecule has 2 aromatic heterocycles. The van der Waals surface area contributed by atoms with Crippen molar-refractivity contribution in [3.8, 4) is 0 Å². The Labute approximate surface area is 126 Å². The van der Waals surface area contributed by atoms with Crippen LogP contribution < -0.4 is 5.32 Å². The molecular weight excluding hydrogens is 282 g/mol. The first-order chi connectivity index (χ1) is 10.4. The van der Waals surface area contributed by atoms with Gasteiger partial charge in [0.2, 0.25) is 4.96 Å². The van der Waals surface area contributed by atoms with Gasteiger partial charge in [0.05, 0.1) is 5.92 Å². The SMILES string of the molecule is c1ccc2c(c1)NCC2c1nn2c(C3CCC3)nnc2s1. The van der Waals surface area contributed by atoms with E-state index in [9.17, 15) is 0 Å². The highest BCUT2D eigenvalue weighted by atomic mass is 32.1. The molecule has 106 valence electrons. The van der Waals surface area contributed by atoms with E-state index in [2.05, 4.69) is 39.8 Å². The summed E-state index contributed by atoms with van der Waals surface area (Å²) in [6.45, 7) is 0.919. The lowest BCUT2D eigenvalue weighted by Crippen LogP contribution is -2.13. The van der Waals surface area contributed by atoms with Gasteiger partial charge in [-0.1, -0.05) is 36.0 Å². The lowest BCUT2D eigenvalue weighted by atomic mass is 9.85. The minimum absolute atomic E-state index is 0.335. The Bertz CT molecular complexity index is 816. The van der Waals surface area contributed by atoms with Crippen molar-refractivity contribution in [2.24, 2.45) is 0 Å². The third-order valence-corrected chi connectivity index (χ3v) is 5.64. The van der Waals surface area contributed by atoms with Crippen LogP contribution in [0.2, 0.25) is 0 Å². The van der Waals surface area contributed by atoms with E-state index in [-0.39, 0.29) is 0 Å². The molecule has 3 heterocycles. The second kappa shape index (κ2) is 4.27. The van der Waals surface area contributed by atoms with Crippen LogP contribution in [0.3, 0.4) is 0 Å². The van der Waals surface area contributed by atoms with Gasteiger partial charge in [0.15, 0.2) is 5.82 Å². The molecule has 1 unspecified atom stereocenters. The van der Waals surface area contributed by atoms with Crippen molar-refractivity contribution in [2.45, 2.75) is 31.1 Å². The van der Waals surface area contributed by atoms with Gasteiger partial charge in [-0.15, -0.1) is 10.2 Å². The Hall–Kier alpha value is -1.95. The third-order valence-electron chi connectivity index (χ3n) is 4.63. The number of nitrogens with zero attached hydrogens (tertiary/aromatic N) is 4. The Morgan fingerprint density at radius 2 is 2.10 bits per heavy atom. The Morgan fingerprint density at radius 1 is 1.19 bits per heavy atom. The Balaban J connectivity index is 1.58. The number of aromatic nitrogens is 4. The fourth-order valence-electron chi connectivity index (χ4n) is 3.21. The van der Waals surface area contributed by atoms with Gasteiger partial charge in [-0.3, -0.25) is 0 Å². The van der Waals surface area contributed by atoms with Crippen LogP contribution in [0.5, 0.6) is 0 Å². The van der Waals surface area contributed by atoms with Gasteiger partial charge >= 0.3 is 0 Å². The molecule has 0 amide bonds. The van der Waals surface area contributed by atoms with Gasteiger partial charge in [-0.05, 0) is 24.5 Å². The van der Waals surface area contributed by atoms with E-state index in [1.54, 1.807) is 11.3 Å². The Morgan fingerprint density at radius 3 is 2.95 bits per heavy atom. The van der Waals surface area contributed by atoms with Gasteiger partial charge in [0, 0.05) is 18.2 Å². The van der Waals surface area contributed by atoms with E-state index in [0.29, 0.717) is 11.8 Å². The quantitative estimate of drug-likeness (QED) is 0.790. The summed E-state index contributed by atoms with van der Waals surface area (Å²) in [6.07, 6.45) is 3.75. The normalized spacial score (nSPS) is 21.2. The number of anilines is 1. The highest BCUT2D eigenvalue weighted by Gasteiger charge is 2.30. The molecule has 1 atom stereocenters. The summed E-state index contributed by atoms with van der Waals surface area (Å²) in [5, 5.41) is 18.1. The van der Waals surface area contributed by atoms with Crippen molar-refractivity contribution >= 4 is 22.0 Å². The van der Waals surface area contributed by atoms with Crippen LogP contribution in [0.1, 0.15) is 47.5 Å². The van der Waals surface area contributed by atoms with Crippen molar-refractivity contribution in [1.82, 2.24) is 19.8 Å². The molecule has 1 aliphatic carbocycles. The van der Waals surface area contributed by atoms with E-state index < -0.39 is 0 Å². The van der Waals surface area contributed by atoms with Crippen LogP contribution in [0.4, 0.5) is 5.69 Å². The second-order valence-corrected chi connectivity index (χ2v) is 6.83. The number of benzene rings is 1. The summed E-state index contributed by atoms with van der Waals surface area (Å²) in [7, 11) is 0. The zero-order chi connectivity index (χ0) is 13.8. The van der Waals surface area contributed by atoms with E-state index in [0.717, 1.165) is 22.3 Å². The van der Waals surface area contributed by atoms with Gasteiger partial charge in [0.1, 0.15) is 5.01 Å². The fraction of sp³-hybridized carbons (Fsp3) is 0.400. The first-order valence-electron chi connectivity index (χ1n) is 7.45. The third kappa shape index (κ3) is 1.65. The lowest BCUT2D eigenvalue weighted by Gasteiger charge is -2.22. The summed E-state index contributed by atoms with van der Waals surface area (Å²) in [4.78, 5) is 0.927. The number of para-hydroxylation sites is 1. The molecule has 0 saturated heterocycles. The first-order valence-corrected chi connectivity index (χ1v) is 8.26. The van der Waals surface area contributed by atoms with Gasteiger partial charge in [0.25, 0.3) is 0 Å². The molecule has 1 aromatic carbocycles. The molecule has 3 aromatic rings. The number of hydrogen-bond donors (Lipinski definition) is 1. The minimum Gasteiger partial charge on any atom is -0.384 e. The number of rotatable bonds is 2. The zero-order valence-corrected chi connectivity index (χ0v) is 12.3. The molecule has 0 radical (unpaired) electrons. The summed E-state index contributed by atoms with van der Waals surface area (Å²) >= 11 is 1.67. The smallest absolute Gasteiger partial charge is 0.234 e. The van der Waals surface area contributed by atoms with Crippen LogP contribution in [0.15, 0.2) is 24.3 Å². The van der Waals surface area contributed by atoms with E-state index in [1.807, 2.05) is 4.52 Å². The van der Waals surface area contributed by atoms with Crippen LogP contribution in [-0.4, -0.2) is 26.4 Å². The molecule has 2 aliphatic rings. The van der Waals surface area contributed by atoms with E-state index in [1.165, 1.54) is 30.5 Å². The molecule has 21 heavy (non-hydrogen) atoms. The summed E-state index contributed by atoms with van der Waals surface area (Å²) < 4.78 is 1.98. The topological polar surface area (TPSA) is 55.1 Å². The average molecular weight is 297 g/mol. The van der Waals surface area contributed by atoms with Crippen molar-refractivity contribution < 1.29 is 0 Å². The van der Waals surface area contributed by atoms with E-state index in [4.69, 9.17) is 5.10 Å². The maximum Gasteiger partial charge on any atom is 0.234 e. The predicted octanol–water partition coefficient (Wildman–Crippen LogP) is 3.01. The molecule has 1 N–H and O–H groups in total. The minimum atomic E-state index is 0.335. The van der Waals surface area contributed by atoms with E-state index >= 15 is 0 Å². The van der Waals surface area contributed by atoms with Crippen LogP contribution in [0.25, 0.3) is 4.96 Å². The largest absolute Gasteiger partial charge is 0.384 e. The maximum atomic E-state index is 4.83. The average Bonchev–Trinajstić information content (AvgIpc) is 3.11. The van der Waals surface area contributed by atoms with Crippen LogP contribution in [0, 0.1) is 0 Å². The summed E-state index contributed by atoms with van der Waals surface area (Å²) in [5.41, 5.74) is 2.57. The first kappa shape index (κ1) is 11.7. The number of nitrogens with one attached hydrogen (secondary N) is 1. The standard InChI is InChI=1S/C15H15N5S/c1-2-7-12-10(6-1)11(8-16-12)14-19-20-13(9-4-3-5-9)17-18-15(20)21-14/h1-2,6-7,9,11,16H,3-5,8H2. The van der Waals surface area contributed by atoms with Crippen molar-refractivity contribution in [3.63, 3.8) is 0 Å². The molecular formula is C15H15N5S. The molecule has 6 heteroatoms. The Kier molecular flexibility index (Phi) is 2.38. The molecule has 5 rings (SSSR count). The fourth-order valence-corrected chi connectivity index (χ4v) is 4.18. The van der Waals surface area contributed by atoms with Crippen molar-refractivity contribution in [1.29, 1.82) is 0 Å². The molecule has 1 saturated carbocycles. The van der Waals surface area contributed by atoms with Crippen molar-refractivity contribution in [2.75, 3.05) is 11.9 Å². The molecule has 1 fully saturated rings. The van der Waals surface area contributed by atoms with Crippen LogP contribution >= 0.6 is 11.3 Å². The highest BCUT2D eigenvalue weighted by molar-refractivity contribution is 7.16. The molecule has 0 spiro atoms. The van der Waals surface area contributed by atoms with Crippen LogP contribution in [-0.2, 0) is 0 Å². The van der Waals surface area contributed by atoms with Gasteiger partial charge in [-0.2, -0.15) is 9.61 Å². The van der Waals surface area contributed by atoms with Gasteiger partial charge < -0.3 is 5.32 Å². The zero-order valence-electron chi connectivity index (χ0n) is 11.5. The summed E-state index contributed by atoms with van der Waals surface area (Å²) in [5.74, 6) is 1.95. The van der Waals surface area contributed by atoms with Crippen molar-refractivity contribution in [3.05, 3.63) is 40.7 Å². The lowest BCUT2D eigenvalue weighted by molar-refractivity contribution is 0.395. The summed E-state index contributed by atoms with van der Waals surface area (Å²) in [6, 6.07) is 8.49. The number of hydrogen-bond acceptors (Lipinski definition) is 5. The second-order valence-electron chi connectivity index (χ2n) is 5.84. The molecule has 0 bridgehead atoms. The maximum absolute atomic E-state index is 4.83.